The second-order valence-corrected chi connectivity index (χ2v) is 3.24. The Kier molecular flexibility index (Phi) is 2.64. The van der Waals surface area contributed by atoms with Crippen LogP contribution in [0.5, 0.6) is 0 Å². The summed E-state index contributed by atoms with van der Waals surface area (Å²) < 4.78 is 0. The maximum absolute atomic E-state index is 5.82. The van der Waals surface area contributed by atoms with Crippen molar-refractivity contribution in [1.29, 1.82) is 0 Å². The number of thioether (sulfide) groups is 1. The molecule has 0 amide bonds. The van der Waals surface area contributed by atoms with Gasteiger partial charge in [0.25, 0.3) is 0 Å². The summed E-state index contributed by atoms with van der Waals surface area (Å²) in [5.41, 5.74) is 0.888. The van der Waals surface area contributed by atoms with Gasteiger partial charge in [-0.1, -0.05) is 17.7 Å². The van der Waals surface area contributed by atoms with Crippen molar-refractivity contribution >= 4 is 23.4 Å². The SMILES string of the molecule is [CH2]c1ccc(SC)cc1Cl. The molecule has 0 aromatic heterocycles. The molecule has 0 N–H and O–H groups in total. The van der Waals surface area contributed by atoms with Gasteiger partial charge in [-0.05, 0) is 30.9 Å². The van der Waals surface area contributed by atoms with E-state index >= 15 is 0 Å². The molecular formula is C8H8ClS. The maximum Gasteiger partial charge on any atom is 0.0449 e. The fourth-order valence-electron chi connectivity index (χ4n) is 0.655. The zero-order chi connectivity index (χ0) is 7.56. The molecule has 2 heteroatoms. The Morgan fingerprint density at radius 2 is 2.20 bits per heavy atom. The molecule has 53 valence electrons. The van der Waals surface area contributed by atoms with E-state index in [9.17, 15) is 0 Å². The van der Waals surface area contributed by atoms with Crippen LogP contribution in [0.2, 0.25) is 5.02 Å². The molecule has 0 aliphatic carbocycles. The average Bonchev–Trinajstić information content (AvgIpc) is 1.95. The highest BCUT2D eigenvalue weighted by Crippen LogP contribution is 2.22. The third kappa shape index (κ3) is 1.68. The summed E-state index contributed by atoms with van der Waals surface area (Å²) in [5, 5.41) is 0.742. The molecule has 0 unspecified atom stereocenters. The molecule has 0 saturated carbocycles. The molecule has 0 aliphatic rings. The van der Waals surface area contributed by atoms with Crippen molar-refractivity contribution in [1.82, 2.24) is 0 Å². The first-order valence-corrected chi connectivity index (χ1v) is 4.50. The van der Waals surface area contributed by atoms with Crippen LogP contribution in [0.25, 0.3) is 0 Å². The van der Waals surface area contributed by atoms with Gasteiger partial charge in [-0.3, -0.25) is 0 Å². The van der Waals surface area contributed by atoms with Crippen molar-refractivity contribution in [2.45, 2.75) is 4.90 Å². The molecule has 0 heterocycles. The van der Waals surface area contributed by atoms with Crippen LogP contribution in [0.1, 0.15) is 5.56 Å². The van der Waals surface area contributed by atoms with Gasteiger partial charge in [-0.2, -0.15) is 0 Å². The lowest BCUT2D eigenvalue weighted by atomic mass is 10.2. The van der Waals surface area contributed by atoms with Crippen LogP contribution in [-0.2, 0) is 0 Å². The Balaban J connectivity index is 3.04. The lowest BCUT2D eigenvalue weighted by Gasteiger charge is -1.98. The standard InChI is InChI=1S/C8H8ClS/c1-6-3-4-7(10-2)5-8(6)9/h3-5H,1H2,2H3. The Bertz CT molecular complexity index is 233. The van der Waals surface area contributed by atoms with Gasteiger partial charge in [-0.15, -0.1) is 11.8 Å². The van der Waals surface area contributed by atoms with Gasteiger partial charge in [0.05, 0.1) is 0 Å². The first-order valence-electron chi connectivity index (χ1n) is 2.89. The largest absolute Gasteiger partial charge is 0.130 e. The highest BCUT2D eigenvalue weighted by molar-refractivity contribution is 7.98. The minimum Gasteiger partial charge on any atom is -0.130 e. The normalized spacial score (nSPS) is 9.90. The minimum absolute atomic E-state index is 0.742. The van der Waals surface area contributed by atoms with Gasteiger partial charge >= 0.3 is 0 Å². The zero-order valence-corrected chi connectivity index (χ0v) is 7.30. The molecular weight excluding hydrogens is 164 g/mol. The third-order valence-corrected chi connectivity index (χ3v) is 2.34. The molecule has 1 rings (SSSR count). The Labute approximate surface area is 70.6 Å². The second kappa shape index (κ2) is 3.31. The van der Waals surface area contributed by atoms with Crippen molar-refractivity contribution in [3.05, 3.63) is 35.7 Å². The summed E-state index contributed by atoms with van der Waals surface area (Å²) in [6, 6.07) is 5.86. The summed E-state index contributed by atoms with van der Waals surface area (Å²) in [7, 11) is 0. The van der Waals surface area contributed by atoms with Crippen LogP contribution in [0, 0.1) is 6.92 Å². The van der Waals surface area contributed by atoms with Crippen LogP contribution in [0.15, 0.2) is 23.1 Å². The van der Waals surface area contributed by atoms with Crippen LogP contribution in [-0.4, -0.2) is 6.26 Å². The summed E-state index contributed by atoms with van der Waals surface area (Å²) >= 11 is 7.50. The fraction of sp³-hybridized carbons (Fsp3) is 0.125. The molecule has 1 radical (unpaired) electrons. The summed E-state index contributed by atoms with van der Waals surface area (Å²) in [6.45, 7) is 3.75. The number of hydrogen-bond acceptors (Lipinski definition) is 1. The topological polar surface area (TPSA) is 0 Å². The Morgan fingerprint density at radius 3 is 2.70 bits per heavy atom. The molecule has 0 spiro atoms. The zero-order valence-electron chi connectivity index (χ0n) is 5.73. The predicted molar refractivity (Wildman–Crippen MR) is 47.7 cm³/mol. The number of rotatable bonds is 1. The molecule has 0 atom stereocenters. The Morgan fingerprint density at radius 1 is 1.50 bits per heavy atom. The van der Waals surface area contributed by atoms with Gasteiger partial charge in [0.15, 0.2) is 0 Å². The average molecular weight is 172 g/mol. The van der Waals surface area contributed by atoms with Crippen LogP contribution in [0.4, 0.5) is 0 Å². The second-order valence-electron chi connectivity index (χ2n) is 1.96. The number of halogens is 1. The van der Waals surface area contributed by atoms with E-state index < -0.39 is 0 Å². The predicted octanol–water partition coefficient (Wildman–Crippen LogP) is 3.24. The van der Waals surface area contributed by atoms with Crippen molar-refractivity contribution in [2.24, 2.45) is 0 Å². The van der Waals surface area contributed by atoms with Gasteiger partial charge in [0.1, 0.15) is 0 Å². The molecule has 0 nitrogen and oxygen atoms in total. The monoisotopic (exact) mass is 171 g/mol. The highest BCUT2D eigenvalue weighted by atomic mass is 35.5. The van der Waals surface area contributed by atoms with Gasteiger partial charge in [-0.25, -0.2) is 0 Å². The quantitative estimate of drug-likeness (QED) is 0.585. The Hall–Kier alpha value is -0.140. The minimum atomic E-state index is 0.742. The molecule has 10 heavy (non-hydrogen) atoms. The van der Waals surface area contributed by atoms with Gasteiger partial charge in [0.2, 0.25) is 0 Å². The third-order valence-electron chi connectivity index (χ3n) is 1.26. The maximum atomic E-state index is 5.82. The van der Waals surface area contributed by atoms with E-state index in [1.807, 2.05) is 24.5 Å². The molecule has 0 aliphatic heterocycles. The number of benzene rings is 1. The summed E-state index contributed by atoms with van der Waals surface area (Å²) in [4.78, 5) is 1.18. The van der Waals surface area contributed by atoms with Crippen molar-refractivity contribution in [2.75, 3.05) is 6.26 Å². The highest BCUT2D eigenvalue weighted by Gasteiger charge is 1.94. The first kappa shape index (κ1) is 7.96. The first-order chi connectivity index (χ1) is 4.74. The van der Waals surface area contributed by atoms with Crippen LogP contribution >= 0.6 is 23.4 Å². The van der Waals surface area contributed by atoms with E-state index in [0.29, 0.717) is 0 Å². The lowest BCUT2D eigenvalue weighted by Crippen LogP contribution is -1.74. The summed E-state index contributed by atoms with van der Waals surface area (Å²) in [6.07, 6.45) is 2.02. The van der Waals surface area contributed by atoms with Crippen LogP contribution < -0.4 is 0 Å². The lowest BCUT2D eigenvalue weighted by molar-refractivity contribution is 1.44. The molecule has 1 aromatic carbocycles. The molecule has 0 fully saturated rings. The fourth-order valence-corrected chi connectivity index (χ4v) is 1.34. The van der Waals surface area contributed by atoms with E-state index in [1.54, 1.807) is 11.8 Å². The van der Waals surface area contributed by atoms with E-state index in [4.69, 9.17) is 11.6 Å². The van der Waals surface area contributed by atoms with Crippen LogP contribution in [0.3, 0.4) is 0 Å². The van der Waals surface area contributed by atoms with E-state index in [-0.39, 0.29) is 0 Å². The summed E-state index contributed by atoms with van der Waals surface area (Å²) in [5.74, 6) is 0. The van der Waals surface area contributed by atoms with E-state index in [1.165, 1.54) is 4.90 Å². The molecule has 1 aromatic rings. The van der Waals surface area contributed by atoms with Crippen molar-refractivity contribution in [3.63, 3.8) is 0 Å². The molecule has 0 bridgehead atoms. The van der Waals surface area contributed by atoms with E-state index in [2.05, 4.69) is 6.92 Å². The van der Waals surface area contributed by atoms with E-state index in [0.717, 1.165) is 10.6 Å². The number of hydrogen-bond donors (Lipinski definition) is 0. The molecule has 0 saturated heterocycles. The van der Waals surface area contributed by atoms with Crippen molar-refractivity contribution < 1.29 is 0 Å². The smallest absolute Gasteiger partial charge is 0.0449 e. The van der Waals surface area contributed by atoms with Gasteiger partial charge < -0.3 is 0 Å². The van der Waals surface area contributed by atoms with Crippen molar-refractivity contribution in [3.8, 4) is 0 Å². The van der Waals surface area contributed by atoms with Gasteiger partial charge in [0, 0.05) is 9.92 Å².